The second kappa shape index (κ2) is 7.08. The summed E-state index contributed by atoms with van der Waals surface area (Å²) in [5, 5.41) is 3.23. The summed E-state index contributed by atoms with van der Waals surface area (Å²) in [5.74, 6) is 0.771. The van der Waals surface area contributed by atoms with E-state index in [9.17, 15) is 8.42 Å². The standard InChI is InChI=1S/C12H24N2O2S.ClH/c1-11-9-13-7-8-14(11)17(15,16)10-12-5-3-2-4-6-12;/h11-13H,2-10H2,1H3;1H. The van der Waals surface area contributed by atoms with E-state index >= 15 is 0 Å². The van der Waals surface area contributed by atoms with Crippen LogP contribution in [-0.2, 0) is 10.0 Å². The van der Waals surface area contributed by atoms with Gasteiger partial charge in [-0.25, -0.2) is 8.42 Å². The molecule has 1 saturated carbocycles. The zero-order valence-electron chi connectivity index (χ0n) is 11.1. The third-order valence-corrected chi connectivity index (χ3v) is 6.12. The molecule has 0 aromatic rings. The van der Waals surface area contributed by atoms with Gasteiger partial charge in [-0.05, 0) is 25.7 Å². The van der Waals surface area contributed by atoms with Crippen molar-refractivity contribution in [1.82, 2.24) is 9.62 Å². The Bertz CT molecular complexity index is 342. The highest BCUT2D eigenvalue weighted by Gasteiger charge is 2.31. The molecule has 1 N–H and O–H groups in total. The van der Waals surface area contributed by atoms with Crippen molar-refractivity contribution in [2.24, 2.45) is 5.92 Å². The van der Waals surface area contributed by atoms with Gasteiger partial charge < -0.3 is 5.32 Å². The first-order valence-corrected chi connectivity index (χ1v) is 8.41. The molecule has 1 aliphatic heterocycles. The molecule has 2 aliphatic rings. The minimum absolute atomic E-state index is 0. The maximum absolute atomic E-state index is 12.4. The molecule has 0 radical (unpaired) electrons. The van der Waals surface area contributed by atoms with Gasteiger partial charge in [0.15, 0.2) is 0 Å². The number of sulfonamides is 1. The molecule has 0 amide bonds. The summed E-state index contributed by atoms with van der Waals surface area (Å²) in [7, 11) is -3.04. The second-order valence-corrected chi connectivity index (χ2v) is 7.41. The second-order valence-electron chi connectivity index (χ2n) is 5.45. The van der Waals surface area contributed by atoms with E-state index in [0.717, 1.165) is 25.9 Å². The Balaban J connectivity index is 0.00000162. The first-order chi connectivity index (χ1) is 8.09. The summed E-state index contributed by atoms with van der Waals surface area (Å²) in [6, 6.07) is 0.109. The number of halogens is 1. The first kappa shape index (κ1) is 16.2. The average Bonchev–Trinajstić information content (AvgIpc) is 2.30. The van der Waals surface area contributed by atoms with Gasteiger partial charge in [-0.2, -0.15) is 4.31 Å². The van der Waals surface area contributed by atoms with Crippen LogP contribution in [0.25, 0.3) is 0 Å². The lowest BCUT2D eigenvalue weighted by Crippen LogP contribution is -2.53. The lowest BCUT2D eigenvalue weighted by atomic mass is 9.91. The predicted molar refractivity (Wildman–Crippen MR) is 76.6 cm³/mol. The average molecular weight is 297 g/mol. The number of hydrogen-bond donors (Lipinski definition) is 1. The van der Waals surface area contributed by atoms with E-state index in [2.05, 4.69) is 5.32 Å². The third kappa shape index (κ3) is 4.08. The zero-order valence-corrected chi connectivity index (χ0v) is 12.7. The number of hydrogen-bond acceptors (Lipinski definition) is 3. The van der Waals surface area contributed by atoms with Crippen molar-refractivity contribution in [1.29, 1.82) is 0 Å². The number of rotatable bonds is 3. The van der Waals surface area contributed by atoms with E-state index in [-0.39, 0.29) is 18.4 Å². The van der Waals surface area contributed by atoms with E-state index in [1.54, 1.807) is 4.31 Å². The van der Waals surface area contributed by atoms with Gasteiger partial charge >= 0.3 is 0 Å². The van der Waals surface area contributed by atoms with Crippen molar-refractivity contribution in [2.75, 3.05) is 25.4 Å². The van der Waals surface area contributed by atoms with Crippen LogP contribution in [-0.4, -0.2) is 44.2 Å². The fourth-order valence-electron chi connectivity index (χ4n) is 2.98. The smallest absolute Gasteiger partial charge is 0.214 e. The molecule has 2 rings (SSSR count). The van der Waals surface area contributed by atoms with E-state index in [4.69, 9.17) is 0 Å². The Morgan fingerprint density at radius 3 is 2.50 bits per heavy atom. The molecule has 1 atom stereocenters. The van der Waals surface area contributed by atoms with Crippen molar-refractivity contribution in [3.8, 4) is 0 Å². The highest BCUT2D eigenvalue weighted by atomic mass is 35.5. The Hall–Kier alpha value is 0.160. The van der Waals surface area contributed by atoms with Crippen molar-refractivity contribution >= 4 is 22.4 Å². The van der Waals surface area contributed by atoms with Gasteiger partial charge in [-0.15, -0.1) is 12.4 Å². The molecule has 0 aromatic carbocycles. The van der Waals surface area contributed by atoms with Crippen molar-refractivity contribution in [2.45, 2.75) is 45.1 Å². The maximum atomic E-state index is 12.4. The summed E-state index contributed by atoms with van der Waals surface area (Å²) in [6.07, 6.45) is 5.88. The summed E-state index contributed by atoms with van der Waals surface area (Å²) in [6.45, 7) is 4.19. The summed E-state index contributed by atoms with van der Waals surface area (Å²) in [5.41, 5.74) is 0. The van der Waals surface area contributed by atoms with Crippen LogP contribution in [0, 0.1) is 5.92 Å². The maximum Gasteiger partial charge on any atom is 0.214 e. The Morgan fingerprint density at radius 2 is 1.89 bits per heavy atom. The van der Waals surface area contributed by atoms with Crippen molar-refractivity contribution in [3.05, 3.63) is 0 Å². The Morgan fingerprint density at radius 1 is 1.22 bits per heavy atom. The minimum Gasteiger partial charge on any atom is -0.314 e. The van der Waals surface area contributed by atoms with Gasteiger partial charge in [0.2, 0.25) is 10.0 Å². The van der Waals surface area contributed by atoms with Crippen molar-refractivity contribution < 1.29 is 8.42 Å². The molecule has 18 heavy (non-hydrogen) atoms. The van der Waals surface area contributed by atoms with E-state index in [1.165, 1.54) is 19.3 Å². The molecule has 2 fully saturated rings. The molecule has 6 heteroatoms. The van der Waals surface area contributed by atoms with Crippen LogP contribution in [0.15, 0.2) is 0 Å². The van der Waals surface area contributed by atoms with Crippen LogP contribution in [0.4, 0.5) is 0 Å². The predicted octanol–water partition coefficient (Wildman–Crippen LogP) is 1.61. The lowest BCUT2D eigenvalue weighted by molar-refractivity contribution is 0.279. The monoisotopic (exact) mass is 296 g/mol. The highest BCUT2D eigenvalue weighted by Crippen LogP contribution is 2.26. The fourth-order valence-corrected chi connectivity index (χ4v) is 5.10. The van der Waals surface area contributed by atoms with Crippen LogP contribution in [0.3, 0.4) is 0 Å². The molecule has 0 spiro atoms. The Kier molecular flexibility index (Phi) is 6.38. The normalized spacial score (nSPS) is 27.7. The molecular weight excluding hydrogens is 272 g/mol. The summed E-state index contributed by atoms with van der Waals surface area (Å²) >= 11 is 0. The lowest BCUT2D eigenvalue weighted by Gasteiger charge is -2.34. The molecule has 4 nitrogen and oxygen atoms in total. The SMILES string of the molecule is CC1CNCCN1S(=O)(=O)CC1CCCCC1.Cl. The molecule has 1 aliphatic carbocycles. The van der Waals surface area contributed by atoms with Crippen LogP contribution < -0.4 is 5.32 Å². The van der Waals surface area contributed by atoms with E-state index < -0.39 is 10.0 Å². The summed E-state index contributed by atoms with van der Waals surface area (Å²) in [4.78, 5) is 0. The van der Waals surface area contributed by atoms with Gasteiger partial charge in [0.1, 0.15) is 0 Å². The van der Waals surface area contributed by atoms with Gasteiger partial charge in [0, 0.05) is 25.7 Å². The molecule has 0 bridgehead atoms. The first-order valence-electron chi connectivity index (χ1n) is 6.80. The zero-order chi connectivity index (χ0) is 12.3. The van der Waals surface area contributed by atoms with Gasteiger partial charge in [-0.3, -0.25) is 0 Å². The highest BCUT2D eigenvalue weighted by molar-refractivity contribution is 7.89. The minimum atomic E-state index is -3.04. The quantitative estimate of drug-likeness (QED) is 0.861. The molecule has 0 aromatic heterocycles. The molecule has 1 heterocycles. The number of nitrogens with one attached hydrogen (secondary N) is 1. The topological polar surface area (TPSA) is 49.4 Å². The van der Waals surface area contributed by atoms with Crippen LogP contribution in [0.5, 0.6) is 0 Å². The van der Waals surface area contributed by atoms with Gasteiger partial charge in [0.05, 0.1) is 5.75 Å². The molecular formula is C12H25ClN2O2S. The largest absolute Gasteiger partial charge is 0.314 e. The molecule has 1 unspecified atom stereocenters. The van der Waals surface area contributed by atoms with Crippen molar-refractivity contribution in [3.63, 3.8) is 0 Å². The van der Waals surface area contributed by atoms with E-state index in [0.29, 0.717) is 18.2 Å². The summed E-state index contributed by atoms with van der Waals surface area (Å²) < 4.78 is 26.4. The van der Waals surface area contributed by atoms with E-state index in [1.807, 2.05) is 6.92 Å². The fraction of sp³-hybridized carbons (Fsp3) is 1.00. The number of piperazine rings is 1. The third-order valence-electron chi connectivity index (χ3n) is 3.97. The van der Waals surface area contributed by atoms with Crippen LogP contribution in [0.2, 0.25) is 0 Å². The van der Waals surface area contributed by atoms with Crippen LogP contribution in [0.1, 0.15) is 39.0 Å². The molecule has 108 valence electrons. The van der Waals surface area contributed by atoms with Gasteiger partial charge in [0.25, 0.3) is 0 Å². The molecule has 1 saturated heterocycles. The number of nitrogens with zero attached hydrogens (tertiary/aromatic N) is 1. The Labute approximate surface area is 117 Å². The van der Waals surface area contributed by atoms with Crippen LogP contribution >= 0.6 is 12.4 Å². The van der Waals surface area contributed by atoms with Gasteiger partial charge in [-0.1, -0.05) is 19.3 Å².